The number of hydrogen-bond donors (Lipinski definition) is 0. The molecule has 5 nitrogen and oxygen atoms in total. The van der Waals surface area contributed by atoms with E-state index in [-0.39, 0.29) is 5.92 Å². The molecule has 1 atom stereocenters. The Kier molecular flexibility index (Phi) is 6.35. The lowest BCUT2D eigenvalue weighted by Gasteiger charge is -2.39. The topological polar surface area (TPSA) is 36.0 Å². The molecule has 5 heteroatoms. The molecule has 29 heavy (non-hydrogen) atoms. The second-order valence-electron chi connectivity index (χ2n) is 8.07. The van der Waals surface area contributed by atoms with Gasteiger partial charge in [-0.05, 0) is 49.2 Å². The maximum Gasteiger partial charge on any atom is 0.227 e. The molecular weight excluding hydrogens is 362 g/mol. The van der Waals surface area contributed by atoms with Gasteiger partial charge in [0.1, 0.15) is 5.75 Å². The molecule has 154 valence electrons. The zero-order valence-electron chi connectivity index (χ0n) is 17.3. The van der Waals surface area contributed by atoms with E-state index in [1.807, 2.05) is 12.1 Å². The monoisotopic (exact) mass is 393 g/mol. The Bertz CT molecular complexity index is 786. The molecule has 2 heterocycles. The van der Waals surface area contributed by atoms with Crippen molar-refractivity contribution in [3.05, 3.63) is 60.2 Å². The molecule has 2 aromatic rings. The molecular formula is C24H31N3O2. The number of ether oxygens (including phenoxy) is 1. The van der Waals surface area contributed by atoms with Gasteiger partial charge in [-0.15, -0.1) is 0 Å². The molecule has 2 aliphatic rings. The Morgan fingerprint density at radius 1 is 0.966 bits per heavy atom. The van der Waals surface area contributed by atoms with E-state index < -0.39 is 0 Å². The smallest absolute Gasteiger partial charge is 0.227 e. The third kappa shape index (κ3) is 4.91. The minimum Gasteiger partial charge on any atom is -0.497 e. The van der Waals surface area contributed by atoms with Crippen LogP contribution in [0.25, 0.3) is 0 Å². The standard InChI is InChI=1S/C24H31N3O2/c1-29-23-11-9-22(10-12-23)26-14-16-27(17-15-26)24(28)21-8-5-13-25(19-21)18-20-6-3-2-4-7-20/h2-4,6-7,9-12,21H,5,8,13-19H2,1H3/t21-/m1/s1. The molecule has 0 aliphatic carbocycles. The van der Waals surface area contributed by atoms with Gasteiger partial charge in [-0.2, -0.15) is 0 Å². The van der Waals surface area contributed by atoms with Gasteiger partial charge in [-0.3, -0.25) is 9.69 Å². The zero-order valence-corrected chi connectivity index (χ0v) is 17.3. The first-order valence-electron chi connectivity index (χ1n) is 10.7. The fourth-order valence-corrected chi connectivity index (χ4v) is 4.48. The molecule has 0 bridgehead atoms. The predicted molar refractivity (Wildman–Crippen MR) is 116 cm³/mol. The molecule has 0 spiro atoms. The van der Waals surface area contributed by atoms with E-state index in [1.165, 1.54) is 11.3 Å². The van der Waals surface area contributed by atoms with Crippen molar-refractivity contribution in [2.45, 2.75) is 19.4 Å². The summed E-state index contributed by atoms with van der Waals surface area (Å²) in [7, 11) is 1.69. The van der Waals surface area contributed by atoms with Crippen molar-refractivity contribution in [3.63, 3.8) is 0 Å². The van der Waals surface area contributed by atoms with Crippen LogP contribution in [0.3, 0.4) is 0 Å². The molecule has 1 amide bonds. The van der Waals surface area contributed by atoms with E-state index in [1.54, 1.807) is 7.11 Å². The zero-order chi connectivity index (χ0) is 20.1. The summed E-state index contributed by atoms with van der Waals surface area (Å²) in [6.07, 6.45) is 2.12. The van der Waals surface area contributed by atoms with Crippen molar-refractivity contribution in [2.24, 2.45) is 5.92 Å². The third-order valence-corrected chi connectivity index (χ3v) is 6.13. The van der Waals surface area contributed by atoms with Gasteiger partial charge in [-0.1, -0.05) is 30.3 Å². The summed E-state index contributed by atoms with van der Waals surface area (Å²) < 4.78 is 5.24. The second-order valence-corrected chi connectivity index (χ2v) is 8.07. The highest BCUT2D eigenvalue weighted by Gasteiger charge is 2.31. The van der Waals surface area contributed by atoms with Crippen molar-refractivity contribution in [1.82, 2.24) is 9.80 Å². The number of anilines is 1. The van der Waals surface area contributed by atoms with Crippen LogP contribution in [0.2, 0.25) is 0 Å². The van der Waals surface area contributed by atoms with E-state index in [0.29, 0.717) is 5.91 Å². The van der Waals surface area contributed by atoms with E-state index >= 15 is 0 Å². The molecule has 2 saturated heterocycles. The lowest BCUT2D eigenvalue weighted by Crippen LogP contribution is -2.52. The average molecular weight is 394 g/mol. The molecule has 0 unspecified atom stereocenters. The van der Waals surface area contributed by atoms with Crippen LogP contribution < -0.4 is 9.64 Å². The number of piperazine rings is 1. The third-order valence-electron chi connectivity index (χ3n) is 6.13. The number of likely N-dealkylation sites (tertiary alicyclic amines) is 1. The van der Waals surface area contributed by atoms with Crippen molar-refractivity contribution in [1.29, 1.82) is 0 Å². The van der Waals surface area contributed by atoms with Crippen LogP contribution in [-0.4, -0.2) is 62.1 Å². The number of carbonyl (C=O) groups is 1. The number of methoxy groups -OCH3 is 1. The number of amides is 1. The largest absolute Gasteiger partial charge is 0.497 e. The Hall–Kier alpha value is -2.53. The maximum atomic E-state index is 13.1. The van der Waals surface area contributed by atoms with Gasteiger partial charge in [0.15, 0.2) is 0 Å². The fraction of sp³-hybridized carbons (Fsp3) is 0.458. The van der Waals surface area contributed by atoms with Gasteiger partial charge in [0, 0.05) is 45.0 Å². The van der Waals surface area contributed by atoms with Crippen molar-refractivity contribution < 1.29 is 9.53 Å². The lowest BCUT2D eigenvalue weighted by molar-refractivity contribution is -0.137. The Labute approximate surface area is 173 Å². The predicted octanol–water partition coefficient (Wildman–Crippen LogP) is 3.26. The summed E-state index contributed by atoms with van der Waals surface area (Å²) >= 11 is 0. The highest BCUT2D eigenvalue weighted by atomic mass is 16.5. The van der Waals surface area contributed by atoms with Gasteiger partial charge in [0.25, 0.3) is 0 Å². The average Bonchev–Trinajstić information content (AvgIpc) is 2.80. The maximum absolute atomic E-state index is 13.1. The SMILES string of the molecule is COc1ccc(N2CCN(C(=O)[C@@H]3CCCN(Cc4ccccc4)C3)CC2)cc1. The fourth-order valence-electron chi connectivity index (χ4n) is 4.48. The minimum absolute atomic E-state index is 0.139. The first-order valence-corrected chi connectivity index (χ1v) is 10.7. The molecule has 2 fully saturated rings. The molecule has 0 aromatic heterocycles. The molecule has 2 aliphatic heterocycles. The summed E-state index contributed by atoms with van der Waals surface area (Å²) in [6, 6.07) is 18.8. The highest BCUT2D eigenvalue weighted by Crippen LogP contribution is 2.24. The Morgan fingerprint density at radius 2 is 1.69 bits per heavy atom. The number of hydrogen-bond acceptors (Lipinski definition) is 4. The molecule has 0 saturated carbocycles. The van der Waals surface area contributed by atoms with Crippen LogP contribution in [0.1, 0.15) is 18.4 Å². The van der Waals surface area contributed by atoms with E-state index in [9.17, 15) is 4.79 Å². The number of piperidine rings is 1. The quantitative estimate of drug-likeness (QED) is 0.781. The van der Waals surface area contributed by atoms with Crippen LogP contribution in [0, 0.1) is 5.92 Å². The van der Waals surface area contributed by atoms with Crippen molar-refractivity contribution in [2.75, 3.05) is 51.3 Å². The summed E-state index contributed by atoms with van der Waals surface area (Å²) in [6.45, 7) is 6.29. The first-order chi connectivity index (χ1) is 14.2. The van der Waals surface area contributed by atoms with E-state index in [0.717, 1.165) is 64.4 Å². The first kappa shape index (κ1) is 19.8. The number of carbonyl (C=O) groups excluding carboxylic acids is 1. The summed E-state index contributed by atoms with van der Waals surface area (Å²) in [5.41, 5.74) is 2.53. The summed E-state index contributed by atoms with van der Waals surface area (Å²) in [5.74, 6) is 1.36. The van der Waals surface area contributed by atoms with Crippen LogP contribution in [0.15, 0.2) is 54.6 Å². The highest BCUT2D eigenvalue weighted by molar-refractivity contribution is 5.79. The van der Waals surface area contributed by atoms with Gasteiger partial charge in [0.2, 0.25) is 5.91 Å². The van der Waals surface area contributed by atoms with Crippen molar-refractivity contribution in [3.8, 4) is 5.75 Å². The summed E-state index contributed by atoms with van der Waals surface area (Å²) in [4.78, 5) is 20.0. The molecule has 0 radical (unpaired) electrons. The number of benzene rings is 2. The Morgan fingerprint density at radius 3 is 2.38 bits per heavy atom. The van der Waals surface area contributed by atoms with Gasteiger partial charge in [-0.25, -0.2) is 0 Å². The van der Waals surface area contributed by atoms with Gasteiger partial charge in [0.05, 0.1) is 13.0 Å². The molecule has 2 aromatic carbocycles. The van der Waals surface area contributed by atoms with Crippen LogP contribution in [-0.2, 0) is 11.3 Å². The van der Waals surface area contributed by atoms with Gasteiger partial charge < -0.3 is 14.5 Å². The van der Waals surface area contributed by atoms with E-state index in [4.69, 9.17) is 4.74 Å². The van der Waals surface area contributed by atoms with Crippen LogP contribution in [0.4, 0.5) is 5.69 Å². The van der Waals surface area contributed by atoms with Crippen molar-refractivity contribution >= 4 is 11.6 Å². The Balaban J connectivity index is 1.29. The van der Waals surface area contributed by atoms with Crippen LogP contribution >= 0.6 is 0 Å². The van der Waals surface area contributed by atoms with Crippen LogP contribution in [0.5, 0.6) is 5.75 Å². The number of rotatable bonds is 5. The van der Waals surface area contributed by atoms with Gasteiger partial charge >= 0.3 is 0 Å². The molecule has 4 rings (SSSR count). The minimum atomic E-state index is 0.139. The molecule has 0 N–H and O–H groups in total. The van der Waals surface area contributed by atoms with E-state index in [2.05, 4.69) is 57.2 Å². The second kappa shape index (κ2) is 9.31. The lowest BCUT2D eigenvalue weighted by atomic mass is 9.95. The normalized spacial score (nSPS) is 20.5. The number of nitrogens with zero attached hydrogens (tertiary/aromatic N) is 3. The summed E-state index contributed by atoms with van der Waals surface area (Å²) in [5, 5.41) is 0.